The fourth-order valence-corrected chi connectivity index (χ4v) is 5.15. The highest BCUT2D eigenvalue weighted by atomic mass is 16.5. The predicted molar refractivity (Wildman–Crippen MR) is 55.4 cm³/mol. The van der Waals surface area contributed by atoms with E-state index in [0.29, 0.717) is 23.2 Å². The normalized spacial score (nSPS) is 61.1. The number of hydrogen-bond acceptors (Lipinski definition) is 2. The van der Waals surface area contributed by atoms with Crippen LogP contribution in [0.3, 0.4) is 0 Å². The summed E-state index contributed by atoms with van der Waals surface area (Å²) in [5.74, 6) is 1.85. The van der Waals surface area contributed by atoms with Crippen LogP contribution in [-0.2, 0) is 9.53 Å². The molecule has 0 aromatic carbocycles. The molecule has 5 aliphatic rings. The summed E-state index contributed by atoms with van der Waals surface area (Å²) in [6, 6.07) is 0. The van der Waals surface area contributed by atoms with Gasteiger partial charge >= 0.3 is 0 Å². The van der Waals surface area contributed by atoms with Gasteiger partial charge in [-0.05, 0) is 49.9 Å². The molecule has 2 heteroatoms. The Morgan fingerprint density at radius 1 is 1.47 bits per heavy atom. The number of rotatable bonds is 0. The minimum atomic E-state index is 0.182. The number of hydrogen-bond donors (Lipinski definition) is 0. The van der Waals surface area contributed by atoms with E-state index in [1.54, 1.807) is 0 Å². The summed E-state index contributed by atoms with van der Waals surface area (Å²) in [6.45, 7) is 2.30. The van der Waals surface area contributed by atoms with Crippen LogP contribution in [-0.4, -0.2) is 17.5 Å². The van der Waals surface area contributed by atoms with Crippen LogP contribution in [0.5, 0.6) is 0 Å². The van der Waals surface area contributed by atoms with E-state index in [2.05, 4.69) is 6.92 Å². The molecule has 2 saturated heterocycles. The monoisotopic (exact) mass is 206 g/mol. The second kappa shape index (κ2) is 2.32. The minimum absolute atomic E-state index is 0.182. The third-order valence-corrected chi connectivity index (χ3v) is 5.74. The van der Waals surface area contributed by atoms with Crippen molar-refractivity contribution in [2.24, 2.45) is 17.3 Å². The number of Topliss-reactive ketones (excluding diaryl/α,β-unsaturated/α-hetero) is 1. The molecule has 5 rings (SSSR count). The molecule has 0 aromatic heterocycles. The third kappa shape index (κ3) is 0.885. The van der Waals surface area contributed by atoms with Crippen molar-refractivity contribution in [3.63, 3.8) is 0 Å². The quantitative estimate of drug-likeness (QED) is 0.608. The summed E-state index contributed by atoms with van der Waals surface area (Å²) >= 11 is 0. The number of ketones is 1. The van der Waals surface area contributed by atoms with E-state index in [0.717, 1.165) is 25.2 Å². The molecular weight excluding hydrogens is 188 g/mol. The van der Waals surface area contributed by atoms with Crippen molar-refractivity contribution in [3.8, 4) is 0 Å². The van der Waals surface area contributed by atoms with Crippen molar-refractivity contribution in [2.75, 3.05) is 0 Å². The van der Waals surface area contributed by atoms with Gasteiger partial charge in [0.1, 0.15) is 5.78 Å². The van der Waals surface area contributed by atoms with Gasteiger partial charge in [-0.1, -0.05) is 0 Å². The Bertz CT molecular complexity index is 350. The maximum atomic E-state index is 11.6. The van der Waals surface area contributed by atoms with E-state index >= 15 is 0 Å². The first-order valence-corrected chi connectivity index (χ1v) is 6.31. The van der Waals surface area contributed by atoms with Gasteiger partial charge in [0.25, 0.3) is 0 Å². The zero-order valence-corrected chi connectivity index (χ0v) is 9.29. The van der Waals surface area contributed by atoms with Crippen LogP contribution in [0.1, 0.15) is 45.4 Å². The molecule has 0 radical (unpaired) electrons. The van der Waals surface area contributed by atoms with Crippen LogP contribution in [0.4, 0.5) is 0 Å². The lowest BCUT2D eigenvalue weighted by molar-refractivity contribution is -0.156. The highest BCUT2D eigenvalue weighted by Crippen LogP contribution is 2.69. The van der Waals surface area contributed by atoms with Crippen molar-refractivity contribution in [2.45, 2.75) is 57.2 Å². The number of carbonyl (C=O) groups excluding carboxylic acids is 1. The molecule has 3 aliphatic carbocycles. The molecule has 2 heterocycles. The van der Waals surface area contributed by atoms with E-state index in [-0.39, 0.29) is 5.60 Å². The first-order valence-electron chi connectivity index (χ1n) is 6.31. The van der Waals surface area contributed by atoms with Gasteiger partial charge in [0.2, 0.25) is 0 Å². The number of carbonyl (C=O) groups is 1. The Kier molecular flexibility index (Phi) is 1.35. The topological polar surface area (TPSA) is 26.3 Å². The molecule has 0 aromatic rings. The molecule has 2 aliphatic heterocycles. The van der Waals surface area contributed by atoms with E-state index in [1.807, 2.05) is 0 Å². The maximum Gasteiger partial charge on any atom is 0.133 e. The average Bonchev–Trinajstić information content (AvgIpc) is 2.54. The molecule has 82 valence electrons. The largest absolute Gasteiger partial charge is 0.371 e. The van der Waals surface area contributed by atoms with Gasteiger partial charge in [0.05, 0.1) is 11.7 Å². The average molecular weight is 206 g/mol. The summed E-state index contributed by atoms with van der Waals surface area (Å²) in [7, 11) is 0. The highest BCUT2D eigenvalue weighted by Gasteiger charge is 2.68. The second-order valence-corrected chi connectivity index (χ2v) is 6.49. The van der Waals surface area contributed by atoms with Crippen LogP contribution in [0.15, 0.2) is 0 Å². The summed E-state index contributed by atoms with van der Waals surface area (Å²) < 4.78 is 6.20. The van der Waals surface area contributed by atoms with Crippen LogP contribution >= 0.6 is 0 Å². The summed E-state index contributed by atoms with van der Waals surface area (Å²) in [4.78, 5) is 11.6. The van der Waals surface area contributed by atoms with Crippen LogP contribution in [0.2, 0.25) is 0 Å². The molecule has 4 bridgehead atoms. The molecule has 0 amide bonds. The molecule has 0 N–H and O–H groups in total. The zero-order chi connectivity index (χ0) is 10.3. The summed E-state index contributed by atoms with van der Waals surface area (Å²) in [5.41, 5.74) is 0.691. The first kappa shape index (κ1) is 8.74. The molecular formula is C13H18O2. The molecule has 2 nitrogen and oxygen atoms in total. The first-order chi connectivity index (χ1) is 7.11. The van der Waals surface area contributed by atoms with Gasteiger partial charge in [-0.15, -0.1) is 0 Å². The Morgan fingerprint density at radius 2 is 2.33 bits per heavy atom. The smallest absolute Gasteiger partial charge is 0.133 e. The lowest BCUT2D eigenvalue weighted by atomic mass is 9.59. The highest BCUT2D eigenvalue weighted by molar-refractivity contribution is 5.80. The van der Waals surface area contributed by atoms with E-state index in [9.17, 15) is 4.79 Å². The van der Waals surface area contributed by atoms with Crippen molar-refractivity contribution in [3.05, 3.63) is 0 Å². The minimum Gasteiger partial charge on any atom is -0.371 e. The van der Waals surface area contributed by atoms with Crippen molar-refractivity contribution < 1.29 is 9.53 Å². The molecule has 15 heavy (non-hydrogen) atoms. The Balaban J connectivity index is 1.78. The molecule has 5 unspecified atom stereocenters. The van der Waals surface area contributed by atoms with Crippen LogP contribution in [0.25, 0.3) is 0 Å². The van der Waals surface area contributed by atoms with E-state index in [1.165, 1.54) is 19.3 Å². The summed E-state index contributed by atoms with van der Waals surface area (Å²) in [5, 5.41) is 0. The fraction of sp³-hybridized carbons (Fsp3) is 0.923. The van der Waals surface area contributed by atoms with Gasteiger partial charge < -0.3 is 4.74 Å². The third-order valence-electron chi connectivity index (χ3n) is 5.74. The van der Waals surface area contributed by atoms with E-state index in [4.69, 9.17) is 4.74 Å². The van der Waals surface area contributed by atoms with Gasteiger partial charge in [-0.25, -0.2) is 0 Å². The zero-order valence-electron chi connectivity index (χ0n) is 9.29. The lowest BCUT2D eigenvalue weighted by Crippen LogP contribution is -2.48. The Morgan fingerprint density at radius 3 is 3.13 bits per heavy atom. The standard InChI is InChI=1S/C13H18O2/c1-12-7-13-3-2-9(14)5-10(13)11(15-12)4-8(12)6-13/h8,10-11H,2-7H2,1H3. The Labute approximate surface area is 90.4 Å². The lowest BCUT2D eigenvalue weighted by Gasteiger charge is -2.49. The molecule has 5 atom stereocenters. The van der Waals surface area contributed by atoms with Gasteiger partial charge in [0, 0.05) is 12.8 Å². The van der Waals surface area contributed by atoms with Gasteiger partial charge in [-0.2, -0.15) is 0 Å². The van der Waals surface area contributed by atoms with Gasteiger partial charge in [-0.3, -0.25) is 4.79 Å². The summed E-state index contributed by atoms with van der Waals surface area (Å²) in [6.07, 6.45) is 7.04. The van der Waals surface area contributed by atoms with Crippen molar-refractivity contribution >= 4 is 5.78 Å². The van der Waals surface area contributed by atoms with E-state index < -0.39 is 0 Å². The Hall–Kier alpha value is -0.370. The predicted octanol–water partition coefficient (Wildman–Crippen LogP) is 2.31. The SMILES string of the molecule is CC12CC34CCC(=O)CC3C(CC1C4)O2. The number of ether oxygens (including phenoxy) is 1. The molecule has 1 spiro atoms. The van der Waals surface area contributed by atoms with Crippen LogP contribution < -0.4 is 0 Å². The van der Waals surface area contributed by atoms with Gasteiger partial charge in [0.15, 0.2) is 0 Å². The molecule has 3 saturated carbocycles. The molecule has 5 fully saturated rings. The van der Waals surface area contributed by atoms with Crippen molar-refractivity contribution in [1.29, 1.82) is 0 Å². The second-order valence-electron chi connectivity index (χ2n) is 6.49. The maximum absolute atomic E-state index is 11.6. The van der Waals surface area contributed by atoms with Crippen LogP contribution in [0, 0.1) is 17.3 Å². The fourth-order valence-electron chi connectivity index (χ4n) is 5.15. The van der Waals surface area contributed by atoms with Crippen molar-refractivity contribution in [1.82, 2.24) is 0 Å².